The van der Waals surface area contributed by atoms with E-state index in [-0.39, 0.29) is 31.1 Å². The van der Waals surface area contributed by atoms with Gasteiger partial charge in [0, 0.05) is 11.1 Å². The molecule has 2 aliphatic heterocycles. The molecule has 0 N–H and O–H groups in total. The van der Waals surface area contributed by atoms with Crippen molar-refractivity contribution < 1.29 is 23.7 Å². The van der Waals surface area contributed by atoms with Crippen LogP contribution in [0.25, 0.3) is 11.8 Å². The number of esters is 1. The van der Waals surface area contributed by atoms with Gasteiger partial charge in [-0.2, -0.15) is 0 Å². The van der Waals surface area contributed by atoms with Gasteiger partial charge in [0.05, 0.1) is 28.5 Å². The maximum absolute atomic E-state index is 14.1. The molecule has 0 saturated carbocycles. The quantitative estimate of drug-likeness (QED) is 0.252. The number of hydrogen-bond donors (Lipinski definition) is 0. The standard InChI is InChI=1S/C32H24N2O6S/c1-3-16-38-23-13-9-8-12-21(23)18-26-30(35)34-29(22-14-15-24-25(17-22)40-19-39-24)27(31(36)37-4-2)28(33-32(34)41-26)20-10-6-5-7-11-20/h1,5-15,17-18,29H,4,16,19H2,2H3/b26-18-/t29-/m0/s1. The lowest BCUT2D eigenvalue weighted by atomic mass is 9.93. The number of carbonyl (C=O) groups excluding carboxylic acids is 1. The van der Waals surface area contributed by atoms with Gasteiger partial charge in [-0.25, -0.2) is 9.79 Å². The first-order valence-electron chi connectivity index (χ1n) is 12.9. The van der Waals surface area contributed by atoms with Crippen LogP contribution in [0.15, 0.2) is 88.2 Å². The van der Waals surface area contributed by atoms with Crippen LogP contribution in [0, 0.1) is 12.3 Å². The van der Waals surface area contributed by atoms with Crippen molar-refractivity contribution in [1.82, 2.24) is 4.57 Å². The molecule has 4 aromatic rings. The fourth-order valence-corrected chi connectivity index (χ4v) is 5.82. The Bertz CT molecular complexity index is 1900. The number of thiazole rings is 1. The Morgan fingerprint density at radius 3 is 2.71 bits per heavy atom. The summed E-state index contributed by atoms with van der Waals surface area (Å²) in [6.45, 7) is 2.10. The van der Waals surface area contributed by atoms with E-state index in [1.54, 1.807) is 31.2 Å². The molecule has 2 aliphatic rings. The van der Waals surface area contributed by atoms with Gasteiger partial charge < -0.3 is 18.9 Å². The molecule has 0 aliphatic carbocycles. The molecule has 1 aromatic heterocycles. The normalized spacial score (nSPS) is 15.6. The number of benzene rings is 3. The monoisotopic (exact) mass is 564 g/mol. The summed E-state index contributed by atoms with van der Waals surface area (Å²) in [4.78, 5) is 33.0. The van der Waals surface area contributed by atoms with Crippen molar-refractivity contribution in [3.63, 3.8) is 0 Å². The number of nitrogens with zero attached hydrogens (tertiary/aromatic N) is 2. The highest BCUT2D eigenvalue weighted by Gasteiger charge is 2.36. The van der Waals surface area contributed by atoms with Crippen molar-refractivity contribution in [2.24, 2.45) is 4.99 Å². The second-order valence-corrected chi connectivity index (χ2v) is 10.1. The molecule has 0 fully saturated rings. The summed E-state index contributed by atoms with van der Waals surface area (Å²) in [6.07, 6.45) is 7.14. The molecule has 8 nitrogen and oxygen atoms in total. The van der Waals surface area contributed by atoms with Crippen LogP contribution >= 0.6 is 11.3 Å². The van der Waals surface area contributed by atoms with Crippen LogP contribution in [0.1, 0.15) is 29.7 Å². The SMILES string of the molecule is C#CCOc1ccccc1/C=c1\sc2n(c1=O)[C@@H](c1ccc3c(c1)OCO3)C(C(=O)OCC)=C(c1ccccc1)N=2. The van der Waals surface area contributed by atoms with E-state index in [2.05, 4.69) is 5.92 Å². The molecule has 204 valence electrons. The number of hydrogen-bond acceptors (Lipinski definition) is 8. The third-order valence-electron chi connectivity index (χ3n) is 6.60. The van der Waals surface area contributed by atoms with E-state index in [0.29, 0.717) is 43.4 Å². The second kappa shape index (κ2) is 11.2. The van der Waals surface area contributed by atoms with E-state index >= 15 is 0 Å². The highest BCUT2D eigenvalue weighted by molar-refractivity contribution is 7.07. The van der Waals surface area contributed by atoms with Gasteiger partial charge in [0.25, 0.3) is 5.56 Å². The van der Waals surface area contributed by atoms with Crippen LogP contribution in [0.3, 0.4) is 0 Å². The van der Waals surface area contributed by atoms with Gasteiger partial charge in [0.1, 0.15) is 12.4 Å². The number of carbonyl (C=O) groups is 1. The van der Waals surface area contributed by atoms with Gasteiger partial charge >= 0.3 is 5.97 Å². The fourth-order valence-electron chi connectivity index (χ4n) is 4.83. The number of fused-ring (bicyclic) bond motifs is 2. The Balaban J connectivity index is 1.62. The van der Waals surface area contributed by atoms with Crippen LogP contribution < -0.4 is 29.1 Å². The third-order valence-corrected chi connectivity index (χ3v) is 7.59. The molecule has 1 atom stereocenters. The molecule has 0 radical (unpaired) electrons. The summed E-state index contributed by atoms with van der Waals surface area (Å²) in [5.41, 5.74) is 2.47. The second-order valence-electron chi connectivity index (χ2n) is 9.07. The Labute approximate surface area is 239 Å². The molecule has 6 rings (SSSR count). The predicted molar refractivity (Wildman–Crippen MR) is 154 cm³/mol. The molecule has 0 spiro atoms. The average Bonchev–Trinajstić information content (AvgIpc) is 3.60. The molecular weight excluding hydrogens is 540 g/mol. The smallest absolute Gasteiger partial charge is 0.338 e. The number of para-hydroxylation sites is 1. The molecule has 0 unspecified atom stereocenters. The minimum atomic E-state index is -0.829. The van der Waals surface area contributed by atoms with E-state index < -0.39 is 12.0 Å². The van der Waals surface area contributed by atoms with Crippen LogP contribution in [-0.2, 0) is 9.53 Å². The Morgan fingerprint density at radius 2 is 1.90 bits per heavy atom. The fraction of sp³-hybridized carbons (Fsp3) is 0.156. The van der Waals surface area contributed by atoms with Gasteiger partial charge in [-0.15, -0.1) is 6.42 Å². The molecule has 41 heavy (non-hydrogen) atoms. The zero-order valence-electron chi connectivity index (χ0n) is 22.0. The highest BCUT2D eigenvalue weighted by Crippen LogP contribution is 2.40. The lowest BCUT2D eigenvalue weighted by Gasteiger charge is -2.26. The van der Waals surface area contributed by atoms with E-state index in [4.69, 9.17) is 30.4 Å². The molecule has 3 aromatic carbocycles. The zero-order chi connectivity index (χ0) is 28.3. The Kier molecular flexibility index (Phi) is 7.15. The lowest BCUT2D eigenvalue weighted by Crippen LogP contribution is -2.40. The predicted octanol–water partition coefficient (Wildman–Crippen LogP) is 3.68. The van der Waals surface area contributed by atoms with Crippen molar-refractivity contribution in [3.8, 4) is 29.6 Å². The molecular formula is C32H24N2O6S. The van der Waals surface area contributed by atoms with Crippen LogP contribution in [-0.4, -0.2) is 30.5 Å². The maximum atomic E-state index is 14.1. The van der Waals surface area contributed by atoms with Gasteiger partial charge in [0.2, 0.25) is 6.79 Å². The van der Waals surface area contributed by atoms with E-state index in [0.717, 1.165) is 5.56 Å². The molecule has 0 amide bonds. The lowest BCUT2D eigenvalue weighted by molar-refractivity contribution is -0.138. The van der Waals surface area contributed by atoms with Crippen LogP contribution in [0.2, 0.25) is 0 Å². The van der Waals surface area contributed by atoms with Crippen molar-refractivity contribution >= 4 is 29.1 Å². The third kappa shape index (κ3) is 4.90. The van der Waals surface area contributed by atoms with Crippen molar-refractivity contribution in [3.05, 3.63) is 115 Å². The largest absolute Gasteiger partial charge is 0.480 e. The van der Waals surface area contributed by atoms with Gasteiger partial charge in [-0.05, 0) is 36.8 Å². The summed E-state index contributed by atoms with van der Waals surface area (Å²) in [7, 11) is 0. The Morgan fingerprint density at radius 1 is 1.12 bits per heavy atom. The first-order chi connectivity index (χ1) is 20.1. The van der Waals surface area contributed by atoms with Crippen molar-refractivity contribution in [1.29, 1.82) is 0 Å². The van der Waals surface area contributed by atoms with E-state index in [1.807, 2.05) is 54.6 Å². The topological polar surface area (TPSA) is 88.3 Å². The summed E-state index contributed by atoms with van der Waals surface area (Å²) < 4.78 is 24.3. The summed E-state index contributed by atoms with van der Waals surface area (Å²) in [5.74, 6) is 3.59. The Hall–Kier alpha value is -5.07. The first-order valence-corrected chi connectivity index (χ1v) is 13.7. The van der Waals surface area contributed by atoms with Gasteiger partial charge in [0.15, 0.2) is 16.3 Å². The zero-order valence-corrected chi connectivity index (χ0v) is 22.9. The highest BCUT2D eigenvalue weighted by atomic mass is 32.1. The minimum Gasteiger partial charge on any atom is -0.480 e. The number of aromatic nitrogens is 1. The first kappa shape index (κ1) is 26.2. The van der Waals surface area contributed by atoms with Gasteiger partial charge in [-0.3, -0.25) is 9.36 Å². The molecule has 0 saturated heterocycles. The number of terminal acetylenes is 1. The van der Waals surface area contributed by atoms with E-state index in [1.165, 1.54) is 15.9 Å². The molecule has 9 heteroatoms. The average molecular weight is 565 g/mol. The van der Waals surface area contributed by atoms with E-state index in [9.17, 15) is 9.59 Å². The van der Waals surface area contributed by atoms with Crippen LogP contribution in [0.4, 0.5) is 0 Å². The molecule has 3 heterocycles. The van der Waals surface area contributed by atoms with Crippen molar-refractivity contribution in [2.45, 2.75) is 13.0 Å². The number of rotatable bonds is 7. The maximum Gasteiger partial charge on any atom is 0.338 e. The summed E-state index contributed by atoms with van der Waals surface area (Å²) >= 11 is 1.23. The minimum absolute atomic E-state index is 0.0958. The van der Waals surface area contributed by atoms with Crippen molar-refractivity contribution in [2.75, 3.05) is 20.0 Å². The van der Waals surface area contributed by atoms with Gasteiger partial charge in [-0.1, -0.05) is 71.9 Å². The summed E-state index contributed by atoms with van der Waals surface area (Å²) in [6, 6.07) is 21.3. The number of ether oxygens (including phenoxy) is 4. The summed E-state index contributed by atoms with van der Waals surface area (Å²) in [5, 5.41) is 0. The van der Waals surface area contributed by atoms with Crippen LogP contribution in [0.5, 0.6) is 17.2 Å². The molecule has 0 bridgehead atoms.